The molecule has 3 heterocycles. The third-order valence-electron chi connectivity index (χ3n) is 6.17. The summed E-state index contributed by atoms with van der Waals surface area (Å²) in [5, 5.41) is 18.5. The van der Waals surface area contributed by atoms with Gasteiger partial charge in [-0.2, -0.15) is 5.10 Å². The molecule has 1 aliphatic rings. The van der Waals surface area contributed by atoms with Crippen LogP contribution in [-0.2, 0) is 7.05 Å². The lowest BCUT2D eigenvalue weighted by Crippen LogP contribution is -2.41. The van der Waals surface area contributed by atoms with Crippen LogP contribution in [0.3, 0.4) is 0 Å². The standard InChI is InChI=1S/C25H21FN6O2/c1-32-12-15(11-30-32)14-9-19-23(22(10-14)34-21-7-6-20(21)33)25(29-13-28-19)31-18-5-4-17-16(24(18)26)3-2-8-27-17/h2-5,8-13,20-21,33H,6-7H2,1H3,(H,28,29,31). The molecule has 8 nitrogen and oxygen atoms in total. The van der Waals surface area contributed by atoms with E-state index in [9.17, 15) is 5.11 Å². The van der Waals surface area contributed by atoms with Gasteiger partial charge in [0.1, 0.15) is 24.0 Å². The molecule has 0 aliphatic heterocycles. The van der Waals surface area contributed by atoms with E-state index in [1.807, 2.05) is 25.4 Å². The molecule has 1 aliphatic carbocycles. The smallest absolute Gasteiger partial charge is 0.156 e. The van der Waals surface area contributed by atoms with Gasteiger partial charge in [0.15, 0.2) is 5.82 Å². The summed E-state index contributed by atoms with van der Waals surface area (Å²) in [7, 11) is 1.85. The van der Waals surface area contributed by atoms with E-state index in [4.69, 9.17) is 4.74 Å². The predicted octanol–water partition coefficient (Wildman–Crippen LogP) is 4.36. The van der Waals surface area contributed by atoms with Crippen LogP contribution in [0.4, 0.5) is 15.9 Å². The van der Waals surface area contributed by atoms with Gasteiger partial charge >= 0.3 is 0 Å². The van der Waals surface area contributed by atoms with Gasteiger partial charge in [0, 0.05) is 30.4 Å². The lowest BCUT2D eigenvalue weighted by Gasteiger charge is -2.33. The molecule has 5 aromatic rings. The van der Waals surface area contributed by atoms with Crippen molar-refractivity contribution in [3.05, 3.63) is 67.1 Å². The zero-order valence-corrected chi connectivity index (χ0v) is 18.3. The number of aliphatic hydroxyl groups excluding tert-OH is 1. The summed E-state index contributed by atoms with van der Waals surface area (Å²) in [4.78, 5) is 13.1. The number of benzene rings is 2. The molecule has 6 rings (SSSR count). The van der Waals surface area contributed by atoms with Crippen LogP contribution in [0.1, 0.15) is 12.8 Å². The van der Waals surface area contributed by atoms with Crippen molar-refractivity contribution in [2.45, 2.75) is 25.0 Å². The fourth-order valence-electron chi connectivity index (χ4n) is 4.17. The van der Waals surface area contributed by atoms with Crippen molar-refractivity contribution in [2.75, 3.05) is 5.32 Å². The second-order valence-corrected chi connectivity index (χ2v) is 8.42. The summed E-state index contributed by atoms with van der Waals surface area (Å²) in [5.74, 6) is 0.515. The largest absolute Gasteiger partial charge is 0.487 e. The van der Waals surface area contributed by atoms with Crippen LogP contribution in [0.25, 0.3) is 32.9 Å². The van der Waals surface area contributed by atoms with E-state index in [1.54, 1.807) is 41.3 Å². The molecule has 1 fully saturated rings. The molecule has 3 aromatic heterocycles. The minimum Gasteiger partial charge on any atom is -0.487 e. The number of anilines is 2. The Morgan fingerprint density at radius 3 is 2.76 bits per heavy atom. The number of halogens is 1. The van der Waals surface area contributed by atoms with Gasteiger partial charge < -0.3 is 15.2 Å². The normalized spacial score (nSPS) is 17.6. The highest BCUT2D eigenvalue weighted by Crippen LogP contribution is 2.39. The van der Waals surface area contributed by atoms with Gasteiger partial charge in [-0.15, -0.1) is 0 Å². The van der Waals surface area contributed by atoms with E-state index >= 15 is 4.39 Å². The third kappa shape index (κ3) is 3.50. The van der Waals surface area contributed by atoms with Gasteiger partial charge in [0.25, 0.3) is 0 Å². The predicted molar refractivity (Wildman–Crippen MR) is 126 cm³/mol. The summed E-state index contributed by atoms with van der Waals surface area (Å²) in [6, 6.07) is 10.6. The first kappa shape index (κ1) is 20.5. The number of rotatable bonds is 5. The quantitative estimate of drug-likeness (QED) is 0.405. The molecular formula is C25H21FN6O2. The van der Waals surface area contributed by atoms with Crippen molar-refractivity contribution in [3.63, 3.8) is 0 Å². The van der Waals surface area contributed by atoms with E-state index in [0.29, 0.717) is 39.8 Å². The zero-order valence-electron chi connectivity index (χ0n) is 18.3. The topological polar surface area (TPSA) is 98.0 Å². The molecule has 170 valence electrons. The highest BCUT2D eigenvalue weighted by atomic mass is 19.1. The van der Waals surface area contributed by atoms with E-state index in [2.05, 4.69) is 25.4 Å². The minimum absolute atomic E-state index is 0.270. The van der Waals surface area contributed by atoms with Gasteiger partial charge in [-0.3, -0.25) is 9.67 Å². The van der Waals surface area contributed by atoms with E-state index in [1.165, 1.54) is 6.33 Å². The third-order valence-corrected chi connectivity index (χ3v) is 6.17. The molecule has 0 amide bonds. The first-order chi connectivity index (χ1) is 16.6. The van der Waals surface area contributed by atoms with Gasteiger partial charge in [-0.05, 0) is 54.8 Å². The Morgan fingerprint density at radius 2 is 2.00 bits per heavy atom. The fraction of sp³-hybridized carbons (Fsp3) is 0.200. The second kappa shape index (κ2) is 8.03. The molecule has 9 heteroatoms. The Balaban J connectivity index is 1.49. The number of fused-ring (bicyclic) bond motifs is 2. The summed E-state index contributed by atoms with van der Waals surface area (Å²) >= 11 is 0. The highest BCUT2D eigenvalue weighted by Gasteiger charge is 2.32. The SMILES string of the molecule is Cn1cc(-c2cc(OC3CCC3O)c3c(Nc4ccc5ncccc5c4F)ncnc3c2)cn1. The monoisotopic (exact) mass is 456 g/mol. The summed E-state index contributed by atoms with van der Waals surface area (Å²) in [6.07, 6.45) is 7.34. The van der Waals surface area contributed by atoms with E-state index in [-0.39, 0.29) is 11.8 Å². The molecule has 2 unspecified atom stereocenters. The van der Waals surface area contributed by atoms with E-state index < -0.39 is 11.9 Å². The van der Waals surface area contributed by atoms with Crippen molar-refractivity contribution < 1.29 is 14.2 Å². The Kier molecular flexibility index (Phi) is 4.84. The van der Waals surface area contributed by atoms with Gasteiger partial charge in [0.05, 0.1) is 34.4 Å². The van der Waals surface area contributed by atoms with Crippen molar-refractivity contribution in [3.8, 4) is 16.9 Å². The van der Waals surface area contributed by atoms with Crippen molar-refractivity contribution in [1.29, 1.82) is 0 Å². The molecule has 1 saturated carbocycles. The molecule has 0 spiro atoms. The Morgan fingerprint density at radius 1 is 1.09 bits per heavy atom. The van der Waals surface area contributed by atoms with Crippen molar-refractivity contribution >= 4 is 33.3 Å². The lowest BCUT2D eigenvalue weighted by molar-refractivity contribution is -0.0354. The highest BCUT2D eigenvalue weighted by molar-refractivity contribution is 5.99. The van der Waals surface area contributed by atoms with Crippen molar-refractivity contribution in [1.82, 2.24) is 24.7 Å². The maximum atomic E-state index is 15.2. The summed E-state index contributed by atoms with van der Waals surface area (Å²) in [5.41, 5.74) is 3.25. The molecule has 0 saturated heterocycles. The number of aliphatic hydroxyl groups is 1. The van der Waals surface area contributed by atoms with Gasteiger partial charge in [0.2, 0.25) is 0 Å². The van der Waals surface area contributed by atoms with Crippen LogP contribution in [-0.4, -0.2) is 42.0 Å². The average molecular weight is 456 g/mol. The number of aromatic nitrogens is 5. The minimum atomic E-state index is -0.524. The number of aryl methyl sites for hydroxylation is 1. The van der Waals surface area contributed by atoms with Crippen LogP contribution in [0.2, 0.25) is 0 Å². The first-order valence-corrected chi connectivity index (χ1v) is 11.0. The van der Waals surface area contributed by atoms with E-state index in [0.717, 1.165) is 17.5 Å². The lowest BCUT2D eigenvalue weighted by atomic mass is 9.92. The maximum absolute atomic E-state index is 15.2. The fourth-order valence-corrected chi connectivity index (χ4v) is 4.17. The second-order valence-electron chi connectivity index (χ2n) is 8.42. The summed E-state index contributed by atoms with van der Waals surface area (Å²) in [6.45, 7) is 0. The summed E-state index contributed by atoms with van der Waals surface area (Å²) < 4.78 is 23.2. The van der Waals surface area contributed by atoms with Crippen LogP contribution in [0, 0.1) is 5.82 Å². The molecule has 2 N–H and O–H groups in total. The Hall–Kier alpha value is -4.11. The number of nitrogens with one attached hydrogen (secondary N) is 1. The van der Waals surface area contributed by atoms with Gasteiger partial charge in [-0.1, -0.05) is 0 Å². The number of ether oxygens (including phenoxy) is 1. The molecule has 2 atom stereocenters. The Bertz CT molecular complexity index is 1540. The van der Waals surface area contributed by atoms with Crippen molar-refractivity contribution in [2.24, 2.45) is 7.05 Å². The number of nitrogens with zero attached hydrogens (tertiary/aromatic N) is 5. The molecule has 0 radical (unpaired) electrons. The number of pyridine rings is 1. The number of hydrogen-bond donors (Lipinski definition) is 2. The maximum Gasteiger partial charge on any atom is 0.156 e. The van der Waals surface area contributed by atoms with Crippen LogP contribution in [0.5, 0.6) is 5.75 Å². The molecule has 0 bridgehead atoms. The van der Waals surface area contributed by atoms with Crippen LogP contribution < -0.4 is 10.1 Å². The Labute approximate surface area is 194 Å². The van der Waals surface area contributed by atoms with Crippen LogP contribution in [0.15, 0.2) is 61.3 Å². The molecular weight excluding hydrogens is 435 g/mol. The number of hydrogen-bond acceptors (Lipinski definition) is 7. The molecule has 34 heavy (non-hydrogen) atoms. The zero-order chi connectivity index (χ0) is 23.2. The average Bonchev–Trinajstić information content (AvgIpc) is 3.29. The van der Waals surface area contributed by atoms with Gasteiger partial charge in [-0.25, -0.2) is 14.4 Å². The van der Waals surface area contributed by atoms with Crippen LogP contribution >= 0.6 is 0 Å². The first-order valence-electron chi connectivity index (χ1n) is 11.0. The molecule has 2 aromatic carbocycles.